The molecule has 102 valence electrons. The van der Waals surface area contributed by atoms with Gasteiger partial charge in [0.1, 0.15) is 0 Å². The maximum atomic E-state index is 13.1. The lowest BCUT2D eigenvalue weighted by molar-refractivity contribution is 0.431. The molecule has 4 nitrogen and oxygen atoms in total. The van der Waals surface area contributed by atoms with Crippen LogP contribution in [0.3, 0.4) is 0 Å². The van der Waals surface area contributed by atoms with E-state index >= 15 is 0 Å². The van der Waals surface area contributed by atoms with Crippen LogP contribution in [0.1, 0.15) is 19.4 Å². The molecule has 0 bridgehead atoms. The normalized spacial score (nSPS) is 12.7. The number of hydrogen-bond donors (Lipinski definition) is 2. The molecule has 1 aromatic rings. The highest BCUT2D eigenvalue weighted by Crippen LogP contribution is 2.17. The number of hydrogen-bond acceptors (Lipinski definition) is 4. The fourth-order valence-corrected chi connectivity index (χ4v) is 1.66. The highest BCUT2D eigenvalue weighted by molar-refractivity contribution is 7.92. The van der Waals surface area contributed by atoms with Crippen molar-refractivity contribution in [3.8, 4) is 5.75 Å². The Morgan fingerprint density at radius 1 is 1.39 bits per heavy atom. The molecule has 0 saturated heterocycles. The summed E-state index contributed by atoms with van der Waals surface area (Å²) in [4.78, 5) is 0. The van der Waals surface area contributed by atoms with Crippen molar-refractivity contribution in [3.63, 3.8) is 0 Å². The van der Waals surface area contributed by atoms with Crippen LogP contribution < -0.4 is 5.32 Å². The second-order valence-electron chi connectivity index (χ2n) is 4.92. The number of phenols is 1. The number of halogens is 1. The third-order valence-corrected chi connectivity index (χ3v) is 5.05. The van der Waals surface area contributed by atoms with Crippen molar-refractivity contribution in [2.75, 3.05) is 12.8 Å². The number of phenolic OH excluding ortho intramolecular Hbond substituents is 1. The average Bonchev–Trinajstić information content (AvgIpc) is 2.21. The van der Waals surface area contributed by atoms with E-state index in [9.17, 15) is 12.8 Å². The fraction of sp³-hybridized carbons (Fsp3) is 0.500. The molecule has 0 radical (unpaired) electrons. The second-order valence-corrected chi connectivity index (χ2v) is 7.57. The number of sulfone groups is 1. The molecule has 0 aliphatic heterocycles. The van der Waals surface area contributed by atoms with Gasteiger partial charge in [-0.1, -0.05) is 6.07 Å². The van der Waals surface area contributed by atoms with Crippen LogP contribution in [0.2, 0.25) is 0 Å². The van der Waals surface area contributed by atoms with Gasteiger partial charge in [0.05, 0.1) is 4.75 Å². The fourth-order valence-electron chi connectivity index (χ4n) is 1.30. The molecule has 0 aliphatic carbocycles. The summed E-state index contributed by atoms with van der Waals surface area (Å²) in [7, 11) is -3.15. The van der Waals surface area contributed by atoms with Gasteiger partial charge in [-0.3, -0.25) is 0 Å². The molecule has 0 heterocycles. The number of nitrogens with one attached hydrogen (secondary N) is 1. The van der Waals surface area contributed by atoms with Crippen LogP contribution in [-0.4, -0.2) is 31.1 Å². The molecule has 0 saturated carbocycles. The maximum Gasteiger partial charge on any atom is 0.165 e. The first-order valence-electron chi connectivity index (χ1n) is 5.51. The van der Waals surface area contributed by atoms with Gasteiger partial charge in [-0.25, -0.2) is 12.8 Å². The molecule has 1 rings (SSSR count). The summed E-state index contributed by atoms with van der Waals surface area (Å²) in [5.74, 6) is -1.08. The zero-order chi connectivity index (χ0) is 14.0. The Labute approximate surface area is 107 Å². The Balaban J connectivity index is 2.60. The zero-order valence-corrected chi connectivity index (χ0v) is 11.5. The lowest BCUT2D eigenvalue weighted by atomic mass is 10.2. The molecule has 6 heteroatoms. The van der Waals surface area contributed by atoms with Crippen molar-refractivity contribution in [2.45, 2.75) is 25.1 Å². The Morgan fingerprint density at radius 2 is 2.00 bits per heavy atom. The first kappa shape index (κ1) is 14.9. The largest absolute Gasteiger partial charge is 0.505 e. The molecule has 1 aromatic carbocycles. The lowest BCUT2D eigenvalue weighted by Crippen LogP contribution is -2.41. The summed E-state index contributed by atoms with van der Waals surface area (Å²) in [6.45, 7) is 3.88. The van der Waals surface area contributed by atoms with Crippen LogP contribution in [0, 0.1) is 5.82 Å². The molecular formula is C12H18FNO3S. The van der Waals surface area contributed by atoms with Crippen molar-refractivity contribution < 1.29 is 17.9 Å². The predicted octanol–water partition coefficient (Wildman–Crippen LogP) is 1.44. The SMILES string of the molecule is CC(C)(CNCc1ccc(O)c(F)c1)S(C)(=O)=O. The first-order chi connectivity index (χ1) is 8.13. The molecule has 0 spiro atoms. The van der Waals surface area contributed by atoms with E-state index < -0.39 is 26.2 Å². The summed E-state index contributed by atoms with van der Waals surface area (Å²) in [5, 5.41) is 12.0. The molecule has 0 amide bonds. The van der Waals surface area contributed by atoms with Crippen LogP contribution in [0.4, 0.5) is 4.39 Å². The van der Waals surface area contributed by atoms with Crippen molar-refractivity contribution >= 4 is 9.84 Å². The highest BCUT2D eigenvalue weighted by atomic mass is 32.2. The summed E-state index contributed by atoms with van der Waals surface area (Å²) in [6, 6.07) is 4.07. The summed E-state index contributed by atoms with van der Waals surface area (Å²) in [5.41, 5.74) is 0.648. The topological polar surface area (TPSA) is 66.4 Å². The smallest absolute Gasteiger partial charge is 0.165 e. The zero-order valence-electron chi connectivity index (χ0n) is 10.7. The van der Waals surface area contributed by atoms with E-state index in [0.29, 0.717) is 12.1 Å². The van der Waals surface area contributed by atoms with Gasteiger partial charge >= 0.3 is 0 Å². The van der Waals surface area contributed by atoms with Gasteiger partial charge in [0.2, 0.25) is 0 Å². The van der Waals surface area contributed by atoms with Crippen LogP contribution in [0.25, 0.3) is 0 Å². The standard InChI is InChI=1S/C12H18FNO3S/c1-12(2,18(3,16)17)8-14-7-9-4-5-11(15)10(13)6-9/h4-6,14-15H,7-8H2,1-3H3. The number of aromatic hydroxyl groups is 1. The molecule has 18 heavy (non-hydrogen) atoms. The van der Waals surface area contributed by atoms with E-state index in [1.165, 1.54) is 18.4 Å². The van der Waals surface area contributed by atoms with E-state index in [4.69, 9.17) is 5.11 Å². The Bertz CT molecular complexity index is 526. The molecule has 0 atom stereocenters. The van der Waals surface area contributed by atoms with E-state index in [0.717, 1.165) is 0 Å². The predicted molar refractivity (Wildman–Crippen MR) is 68.7 cm³/mol. The Hall–Kier alpha value is -1.14. The third kappa shape index (κ3) is 3.68. The summed E-state index contributed by atoms with van der Waals surface area (Å²) in [6.07, 6.45) is 1.19. The van der Waals surface area contributed by atoms with Crippen LogP contribution >= 0.6 is 0 Å². The Morgan fingerprint density at radius 3 is 2.50 bits per heavy atom. The van der Waals surface area contributed by atoms with Gasteiger partial charge in [0.25, 0.3) is 0 Å². The van der Waals surface area contributed by atoms with E-state index in [1.54, 1.807) is 19.9 Å². The van der Waals surface area contributed by atoms with Crippen molar-refractivity contribution in [3.05, 3.63) is 29.6 Å². The van der Waals surface area contributed by atoms with Crippen LogP contribution in [0.5, 0.6) is 5.75 Å². The molecule has 0 unspecified atom stereocenters. The van der Waals surface area contributed by atoms with E-state index in [1.807, 2.05) is 0 Å². The summed E-state index contributed by atoms with van der Waals surface area (Å²) >= 11 is 0. The molecular weight excluding hydrogens is 257 g/mol. The van der Waals surface area contributed by atoms with E-state index in [-0.39, 0.29) is 6.54 Å². The summed E-state index contributed by atoms with van der Waals surface area (Å²) < 4.78 is 35.1. The van der Waals surface area contributed by atoms with Gasteiger partial charge in [-0.05, 0) is 31.5 Å². The van der Waals surface area contributed by atoms with Crippen molar-refractivity contribution in [1.29, 1.82) is 0 Å². The van der Waals surface area contributed by atoms with Crippen molar-refractivity contribution in [2.24, 2.45) is 0 Å². The van der Waals surface area contributed by atoms with Gasteiger partial charge in [0.15, 0.2) is 21.4 Å². The quantitative estimate of drug-likeness (QED) is 0.853. The number of rotatable bonds is 5. The van der Waals surface area contributed by atoms with Gasteiger partial charge in [0, 0.05) is 19.3 Å². The van der Waals surface area contributed by atoms with Gasteiger partial charge < -0.3 is 10.4 Å². The molecule has 0 aliphatic rings. The molecule has 0 aromatic heterocycles. The third-order valence-electron chi connectivity index (χ3n) is 2.90. The average molecular weight is 275 g/mol. The van der Waals surface area contributed by atoms with Crippen LogP contribution in [-0.2, 0) is 16.4 Å². The Kier molecular flexibility index (Phi) is 4.34. The van der Waals surface area contributed by atoms with Crippen LogP contribution in [0.15, 0.2) is 18.2 Å². The maximum absolute atomic E-state index is 13.1. The van der Waals surface area contributed by atoms with E-state index in [2.05, 4.69) is 5.32 Å². The highest BCUT2D eigenvalue weighted by Gasteiger charge is 2.29. The lowest BCUT2D eigenvalue weighted by Gasteiger charge is -2.22. The second kappa shape index (κ2) is 5.24. The minimum Gasteiger partial charge on any atom is -0.505 e. The first-order valence-corrected chi connectivity index (χ1v) is 7.40. The monoisotopic (exact) mass is 275 g/mol. The number of benzene rings is 1. The minimum atomic E-state index is -3.15. The molecule has 2 N–H and O–H groups in total. The molecule has 0 fully saturated rings. The minimum absolute atomic E-state index is 0.272. The van der Waals surface area contributed by atoms with Crippen molar-refractivity contribution in [1.82, 2.24) is 5.32 Å². The van der Waals surface area contributed by atoms with Gasteiger partial charge in [-0.2, -0.15) is 0 Å². The van der Waals surface area contributed by atoms with Gasteiger partial charge in [-0.15, -0.1) is 0 Å².